The summed E-state index contributed by atoms with van der Waals surface area (Å²) >= 11 is 0. The van der Waals surface area contributed by atoms with Crippen LogP contribution >= 0.6 is 0 Å². The van der Waals surface area contributed by atoms with E-state index in [1.165, 1.54) is 12.1 Å². The molecule has 4 rings (SSSR count). The van der Waals surface area contributed by atoms with Gasteiger partial charge in [0.25, 0.3) is 10.1 Å². The minimum Gasteiger partial charge on any atom is -1.00 e. The van der Waals surface area contributed by atoms with Crippen LogP contribution in [0.15, 0.2) is 87.9 Å². The van der Waals surface area contributed by atoms with Gasteiger partial charge in [-0.2, -0.15) is 8.42 Å². The molecule has 8 heteroatoms. The van der Waals surface area contributed by atoms with E-state index in [-0.39, 0.29) is 41.6 Å². The third-order valence-electron chi connectivity index (χ3n) is 4.27. The third kappa shape index (κ3) is 3.80. The molecule has 0 fully saturated rings. The van der Waals surface area contributed by atoms with Crippen molar-refractivity contribution in [3.05, 3.63) is 72.8 Å². The molecule has 0 aliphatic heterocycles. The maximum absolute atomic E-state index is 11.6. The molecule has 6 nitrogen and oxygen atoms in total. The minimum atomic E-state index is -4.36. The number of hydrogen-bond donors (Lipinski definition) is 2. The molecule has 2 N–H and O–H groups in total. The zero-order valence-corrected chi connectivity index (χ0v) is 17.8. The third-order valence-corrected chi connectivity index (χ3v) is 5.19. The van der Waals surface area contributed by atoms with Crippen molar-refractivity contribution < 1.29 is 49.1 Å². The van der Waals surface area contributed by atoms with Gasteiger partial charge in [-0.3, -0.25) is 4.55 Å². The topological polar surface area (TPSA) is 99.3 Å². The molecule has 0 heterocycles. The number of aromatic hydroxyl groups is 1. The van der Waals surface area contributed by atoms with Crippen LogP contribution in [0, 0.1) is 0 Å². The van der Waals surface area contributed by atoms with Crippen molar-refractivity contribution in [3.8, 4) is 5.75 Å². The minimum absolute atomic E-state index is 0. The first-order valence-electron chi connectivity index (χ1n) is 8.07. The van der Waals surface area contributed by atoms with Crippen molar-refractivity contribution in [3.63, 3.8) is 0 Å². The molecule has 0 spiro atoms. The van der Waals surface area contributed by atoms with Crippen molar-refractivity contribution >= 4 is 43.0 Å². The summed E-state index contributed by atoms with van der Waals surface area (Å²) in [5.41, 5.74) is 0.751. The standard InChI is InChI=1S/C20H14N2O4S.Na.H/c23-18-12-11-13-5-1-2-6-14(13)20(18)22-21-17-9-3-8-16-15(17)7-4-10-19(16)27(24,25)26;;/h1-12,23H,(H,24,25,26);;/q;+1;-1. The van der Waals surface area contributed by atoms with Gasteiger partial charge in [0.05, 0.1) is 5.69 Å². The van der Waals surface area contributed by atoms with E-state index in [0.717, 1.165) is 10.8 Å². The fraction of sp³-hybridized carbons (Fsp3) is 0. The number of phenolic OH excluding ortho intramolecular Hbond substituents is 1. The second-order valence-corrected chi connectivity index (χ2v) is 7.35. The van der Waals surface area contributed by atoms with E-state index >= 15 is 0 Å². The van der Waals surface area contributed by atoms with E-state index in [4.69, 9.17) is 0 Å². The maximum atomic E-state index is 11.6. The van der Waals surface area contributed by atoms with Crippen LogP contribution in [0.4, 0.5) is 11.4 Å². The summed E-state index contributed by atoms with van der Waals surface area (Å²) in [7, 11) is -4.36. The molecule has 4 aromatic rings. The van der Waals surface area contributed by atoms with Crippen LogP contribution in [0.1, 0.15) is 1.43 Å². The molecule has 0 aliphatic carbocycles. The van der Waals surface area contributed by atoms with Gasteiger partial charge >= 0.3 is 29.6 Å². The van der Waals surface area contributed by atoms with E-state index in [1.54, 1.807) is 36.4 Å². The van der Waals surface area contributed by atoms with Crippen molar-refractivity contribution in [1.29, 1.82) is 0 Å². The van der Waals surface area contributed by atoms with Crippen molar-refractivity contribution in [2.75, 3.05) is 0 Å². The Hall–Kier alpha value is -2.29. The molecule has 0 saturated heterocycles. The van der Waals surface area contributed by atoms with Crippen molar-refractivity contribution in [2.24, 2.45) is 10.2 Å². The summed E-state index contributed by atoms with van der Waals surface area (Å²) in [4.78, 5) is -0.190. The van der Waals surface area contributed by atoms with Gasteiger partial charge in [-0.1, -0.05) is 54.6 Å². The van der Waals surface area contributed by atoms with E-state index in [1.807, 2.05) is 24.3 Å². The van der Waals surface area contributed by atoms with E-state index < -0.39 is 10.1 Å². The van der Waals surface area contributed by atoms with Crippen LogP contribution in [0.2, 0.25) is 0 Å². The smallest absolute Gasteiger partial charge is 1.00 e. The zero-order chi connectivity index (χ0) is 19.0. The van der Waals surface area contributed by atoms with E-state index in [0.29, 0.717) is 22.1 Å². The number of nitrogens with zero attached hydrogens (tertiary/aromatic N) is 2. The van der Waals surface area contributed by atoms with Gasteiger partial charge in [0.1, 0.15) is 16.3 Å². The predicted molar refractivity (Wildman–Crippen MR) is 105 cm³/mol. The molecule has 28 heavy (non-hydrogen) atoms. The average molecular weight is 402 g/mol. The largest absolute Gasteiger partial charge is 1.00 e. The number of azo groups is 1. The van der Waals surface area contributed by atoms with Crippen LogP contribution in [0.25, 0.3) is 21.5 Å². The number of benzene rings is 4. The molecule has 0 radical (unpaired) electrons. The first-order valence-corrected chi connectivity index (χ1v) is 9.51. The Morgan fingerprint density at radius 3 is 2.21 bits per heavy atom. The number of hydrogen-bond acceptors (Lipinski definition) is 5. The quantitative estimate of drug-likeness (QED) is 0.312. The van der Waals surface area contributed by atoms with Crippen LogP contribution < -0.4 is 29.6 Å². The molecule has 0 aromatic heterocycles. The Balaban J connectivity index is 0.00000150. The van der Waals surface area contributed by atoms with Crippen LogP contribution in [-0.4, -0.2) is 18.1 Å². The van der Waals surface area contributed by atoms with Gasteiger partial charge in [0.15, 0.2) is 0 Å². The van der Waals surface area contributed by atoms with Gasteiger partial charge in [-0.15, -0.1) is 10.2 Å². The summed E-state index contributed by atoms with van der Waals surface area (Å²) in [6, 6.07) is 20.3. The normalized spacial score (nSPS) is 11.8. The van der Waals surface area contributed by atoms with Gasteiger partial charge in [-0.25, -0.2) is 0 Å². The van der Waals surface area contributed by atoms with Gasteiger partial charge in [-0.05, 0) is 23.6 Å². The maximum Gasteiger partial charge on any atom is 1.00 e. The number of phenols is 1. The summed E-state index contributed by atoms with van der Waals surface area (Å²) in [5, 5.41) is 21.2. The molecule has 0 aliphatic rings. The van der Waals surface area contributed by atoms with Gasteiger partial charge in [0, 0.05) is 16.2 Å². The molecular weight excluding hydrogens is 387 g/mol. The Labute approximate surface area is 185 Å². The summed E-state index contributed by atoms with van der Waals surface area (Å²) in [6.07, 6.45) is 0. The Bertz CT molecular complexity index is 1330. The van der Waals surface area contributed by atoms with Crippen molar-refractivity contribution in [2.45, 2.75) is 4.90 Å². The molecular formula is C20H15N2NaO4S. The van der Waals surface area contributed by atoms with Gasteiger partial charge < -0.3 is 6.53 Å². The number of rotatable bonds is 3. The molecule has 136 valence electrons. The Kier molecular flexibility index (Phi) is 5.83. The first-order chi connectivity index (χ1) is 12.9. The Morgan fingerprint density at radius 1 is 0.750 bits per heavy atom. The van der Waals surface area contributed by atoms with Crippen LogP contribution in [0.5, 0.6) is 5.75 Å². The van der Waals surface area contributed by atoms with E-state index in [2.05, 4.69) is 10.2 Å². The second kappa shape index (κ2) is 7.98. The zero-order valence-electron chi connectivity index (χ0n) is 15.9. The first kappa shape index (κ1) is 20.4. The predicted octanol–water partition coefficient (Wildman–Crippen LogP) is 2.48. The fourth-order valence-corrected chi connectivity index (χ4v) is 3.74. The summed E-state index contributed by atoms with van der Waals surface area (Å²) < 4.78 is 32.6. The Morgan fingerprint density at radius 2 is 1.43 bits per heavy atom. The number of fused-ring (bicyclic) bond motifs is 2. The van der Waals surface area contributed by atoms with Crippen LogP contribution in [0.3, 0.4) is 0 Å². The molecule has 0 saturated carbocycles. The molecule has 0 bridgehead atoms. The average Bonchev–Trinajstić information content (AvgIpc) is 2.66. The van der Waals surface area contributed by atoms with Gasteiger partial charge in [0.2, 0.25) is 0 Å². The SMILES string of the molecule is O=S(=O)(O)c1cccc2c(N=Nc3c(O)ccc4ccccc34)cccc12.[H-].[Na+]. The molecule has 0 unspecified atom stereocenters. The summed E-state index contributed by atoms with van der Waals surface area (Å²) in [5.74, 6) is -0.00342. The van der Waals surface area contributed by atoms with Crippen LogP contribution in [-0.2, 0) is 10.1 Å². The van der Waals surface area contributed by atoms with Crippen molar-refractivity contribution in [1.82, 2.24) is 0 Å². The molecule has 0 atom stereocenters. The molecule has 0 amide bonds. The molecule has 4 aromatic carbocycles. The monoisotopic (exact) mass is 402 g/mol. The fourth-order valence-electron chi connectivity index (χ4n) is 3.03. The summed E-state index contributed by atoms with van der Waals surface area (Å²) in [6.45, 7) is 0. The van der Waals surface area contributed by atoms with E-state index in [9.17, 15) is 18.1 Å². The second-order valence-electron chi connectivity index (χ2n) is 5.96.